The lowest BCUT2D eigenvalue weighted by atomic mass is 10.1. The maximum Gasteiger partial charge on any atom is 0.387 e. The Bertz CT molecular complexity index is 1070. The van der Waals surface area contributed by atoms with Gasteiger partial charge in [-0.3, -0.25) is 14.5 Å². The Morgan fingerprint density at radius 1 is 1.18 bits per heavy atom. The molecule has 0 aromatic heterocycles. The third-order valence-corrected chi connectivity index (χ3v) is 4.57. The SMILES string of the molecule is CCOc1cc(/C=C\C(=O)O[C@H](C)C(=O)N2CC(=O)Nc3ccccc32)ccc1OC(F)F. The van der Waals surface area contributed by atoms with Crippen molar-refractivity contribution >= 4 is 35.2 Å². The quantitative estimate of drug-likeness (QED) is 0.478. The summed E-state index contributed by atoms with van der Waals surface area (Å²) in [7, 11) is 0. The zero-order valence-corrected chi connectivity index (χ0v) is 17.9. The Labute approximate surface area is 188 Å². The topological polar surface area (TPSA) is 94.2 Å². The summed E-state index contributed by atoms with van der Waals surface area (Å²) >= 11 is 0. The Hall–Kier alpha value is -3.95. The molecule has 174 valence electrons. The highest BCUT2D eigenvalue weighted by molar-refractivity contribution is 6.11. The number of benzene rings is 2. The Morgan fingerprint density at radius 2 is 1.94 bits per heavy atom. The lowest BCUT2D eigenvalue weighted by molar-refractivity contribution is -0.149. The monoisotopic (exact) mass is 460 g/mol. The molecule has 1 N–H and O–H groups in total. The number of hydrogen-bond acceptors (Lipinski definition) is 6. The van der Waals surface area contributed by atoms with E-state index in [9.17, 15) is 23.2 Å². The van der Waals surface area contributed by atoms with Gasteiger partial charge in [-0.05, 0) is 49.8 Å². The number of para-hydroxylation sites is 2. The van der Waals surface area contributed by atoms with Crippen LogP contribution in [0.25, 0.3) is 6.08 Å². The van der Waals surface area contributed by atoms with Crippen LogP contribution in [-0.2, 0) is 19.1 Å². The fourth-order valence-electron chi connectivity index (χ4n) is 3.17. The van der Waals surface area contributed by atoms with Crippen LogP contribution >= 0.6 is 0 Å². The molecule has 1 atom stereocenters. The van der Waals surface area contributed by atoms with Crippen molar-refractivity contribution in [1.29, 1.82) is 0 Å². The third kappa shape index (κ3) is 6.06. The molecular formula is C23H22F2N2O6. The van der Waals surface area contributed by atoms with Gasteiger partial charge in [0.05, 0.1) is 18.0 Å². The van der Waals surface area contributed by atoms with Crippen LogP contribution in [0.3, 0.4) is 0 Å². The van der Waals surface area contributed by atoms with Gasteiger partial charge in [0, 0.05) is 6.08 Å². The van der Waals surface area contributed by atoms with Gasteiger partial charge in [0.15, 0.2) is 17.6 Å². The van der Waals surface area contributed by atoms with Crippen LogP contribution in [0.15, 0.2) is 48.5 Å². The molecule has 33 heavy (non-hydrogen) atoms. The smallest absolute Gasteiger partial charge is 0.387 e. The zero-order valence-electron chi connectivity index (χ0n) is 17.9. The van der Waals surface area contributed by atoms with Gasteiger partial charge in [-0.25, -0.2) is 4.79 Å². The fourth-order valence-corrected chi connectivity index (χ4v) is 3.17. The lowest BCUT2D eigenvalue weighted by Gasteiger charge is -2.30. The Kier molecular flexibility index (Phi) is 7.60. The Morgan fingerprint density at radius 3 is 2.67 bits per heavy atom. The molecule has 1 aliphatic rings. The van der Waals surface area contributed by atoms with Crippen molar-refractivity contribution in [3.63, 3.8) is 0 Å². The second kappa shape index (κ2) is 10.6. The van der Waals surface area contributed by atoms with Crippen molar-refractivity contribution in [2.45, 2.75) is 26.6 Å². The van der Waals surface area contributed by atoms with Crippen LogP contribution < -0.4 is 19.7 Å². The van der Waals surface area contributed by atoms with E-state index in [1.807, 2.05) is 0 Å². The summed E-state index contributed by atoms with van der Waals surface area (Å²) in [5, 5.41) is 2.68. The van der Waals surface area contributed by atoms with Crippen LogP contribution in [0.4, 0.5) is 20.2 Å². The summed E-state index contributed by atoms with van der Waals surface area (Å²) < 4.78 is 39.9. The molecule has 0 spiro atoms. The summed E-state index contributed by atoms with van der Waals surface area (Å²) in [5.41, 5.74) is 1.47. The maximum absolute atomic E-state index is 12.8. The summed E-state index contributed by atoms with van der Waals surface area (Å²) in [5.74, 6) is -1.73. The highest BCUT2D eigenvalue weighted by Crippen LogP contribution is 2.31. The molecule has 0 unspecified atom stereocenters. The number of fused-ring (bicyclic) bond motifs is 1. The molecular weight excluding hydrogens is 438 g/mol. The van der Waals surface area contributed by atoms with Gasteiger partial charge in [0.1, 0.15) is 6.54 Å². The van der Waals surface area contributed by atoms with E-state index in [2.05, 4.69) is 10.1 Å². The maximum atomic E-state index is 12.8. The summed E-state index contributed by atoms with van der Waals surface area (Å²) in [6.07, 6.45) is 1.33. The number of nitrogens with one attached hydrogen (secondary N) is 1. The molecule has 0 saturated heterocycles. The molecule has 8 nitrogen and oxygen atoms in total. The van der Waals surface area contributed by atoms with E-state index < -0.39 is 24.6 Å². The molecule has 10 heteroatoms. The number of esters is 1. The van der Waals surface area contributed by atoms with E-state index in [-0.39, 0.29) is 30.6 Å². The molecule has 3 rings (SSSR count). The average molecular weight is 460 g/mol. The van der Waals surface area contributed by atoms with Crippen molar-refractivity contribution in [3.8, 4) is 11.5 Å². The van der Waals surface area contributed by atoms with Gasteiger partial charge in [0.2, 0.25) is 5.91 Å². The number of carbonyl (C=O) groups excluding carboxylic acids is 3. The van der Waals surface area contributed by atoms with E-state index in [4.69, 9.17) is 9.47 Å². The van der Waals surface area contributed by atoms with Crippen LogP contribution in [0.2, 0.25) is 0 Å². The van der Waals surface area contributed by atoms with Gasteiger partial charge >= 0.3 is 12.6 Å². The standard InChI is InChI=1S/C23H22F2N2O6/c1-3-31-19-12-15(8-10-18(19)33-23(24)25)9-11-21(29)32-14(2)22(30)27-13-20(28)26-16-6-4-5-7-17(16)27/h4-12,14,23H,3,13H2,1-2H3,(H,26,28)/b11-9-/t14-/m1/s1. The number of anilines is 2. The minimum absolute atomic E-state index is 0.0962. The van der Waals surface area contributed by atoms with E-state index >= 15 is 0 Å². The molecule has 0 bridgehead atoms. The molecule has 0 fully saturated rings. The van der Waals surface area contributed by atoms with Crippen molar-refractivity contribution in [2.75, 3.05) is 23.4 Å². The van der Waals surface area contributed by atoms with Gasteiger partial charge in [0.25, 0.3) is 5.91 Å². The van der Waals surface area contributed by atoms with Crippen molar-refractivity contribution in [3.05, 3.63) is 54.1 Å². The predicted octanol–water partition coefficient (Wildman–Crippen LogP) is 3.62. The number of nitrogens with zero attached hydrogens (tertiary/aromatic N) is 1. The Balaban J connectivity index is 1.66. The van der Waals surface area contributed by atoms with E-state index in [0.717, 1.165) is 6.08 Å². The molecule has 2 amide bonds. The molecule has 0 aliphatic carbocycles. The number of ether oxygens (including phenoxy) is 3. The molecule has 0 saturated carbocycles. The number of amides is 2. The van der Waals surface area contributed by atoms with Crippen LogP contribution in [0.5, 0.6) is 11.5 Å². The van der Waals surface area contributed by atoms with Gasteiger partial charge in [-0.2, -0.15) is 8.78 Å². The first-order chi connectivity index (χ1) is 15.8. The minimum atomic E-state index is -3.00. The highest BCUT2D eigenvalue weighted by Gasteiger charge is 2.31. The van der Waals surface area contributed by atoms with Crippen LogP contribution in [0.1, 0.15) is 19.4 Å². The molecule has 1 aliphatic heterocycles. The number of rotatable bonds is 8. The highest BCUT2D eigenvalue weighted by atomic mass is 19.3. The van der Waals surface area contributed by atoms with E-state index in [0.29, 0.717) is 16.9 Å². The largest absolute Gasteiger partial charge is 0.490 e. The van der Waals surface area contributed by atoms with E-state index in [1.54, 1.807) is 31.2 Å². The molecule has 2 aromatic rings. The van der Waals surface area contributed by atoms with Gasteiger partial charge < -0.3 is 19.5 Å². The first kappa shape index (κ1) is 23.7. The third-order valence-electron chi connectivity index (χ3n) is 4.57. The summed E-state index contributed by atoms with van der Waals surface area (Å²) in [6, 6.07) is 11.0. The van der Waals surface area contributed by atoms with E-state index in [1.165, 1.54) is 36.1 Å². The zero-order chi connectivity index (χ0) is 24.0. The van der Waals surface area contributed by atoms with Crippen LogP contribution in [0, 0.1) is 0 Å². The van der Waals surface area contributed by atoms with Gasteiger partial charge in [-0.15, -0.1) is 0 Å². The second-order valence-electron chi connectivity index (χ2n) is 6.92. The number of carbonyl (C=O) groups is 3. The first-order valence-electron chi connectivity index (χ1n) is 10.1. The number of hydrogen-bond donors (Lipinski definition) is 1. The average Bonchev–Trinajstić information content (AvgIpc) is 2.78. The molecule has 1 heterocycles. The summed E-state index contributed by atoms with van der Waals surface area (Å²) in [4.78, 5) is 38.2. The number of alkyl halides is 2. The first-order valence-corrected chi connectivity index (χ1v) is 10.1. The van der Waals surface area contributed by atoms with Gasteiger partial charge in [-0.1, -0.05) is 18.2 Å². The predicted molar refractivity (Wildman–Crippen MR) is 116 cm³/mol. The molecule has 0 radical (unpaired) electrons. The normalized spacial score (nSPS) is 14.0. The molecule has 2 aromatic carbocycles. The van der Waals surface area contributed by atoms with Crippen molar-refractivity contribution < 1.29 is 37.4 Å². The van der Waals surface area contributed by atoms with Crippen molar-refractivity contribution in [2.24, 2.45) is 0 Å². The van der Waals surface area contributed by atoms with Crippen molar-refractivity contribution in [1.82, 2.24) is 0 Å². The fraction of sp³-hybridized carbons (Fsp3) is 0.261. The minimum Gasteiger partial charge on any atom is -0.490 e. The van der Waals surface area contributed by atoms with Crippen LogP contribution in [-0.4, -0.2) is 43.7 Å². The lowest BCUT2D eigenvalue weighted by Crippen LogP contribution is -2.46. The second-order valence-corrected chi connectivity index (χ2v) is 6.92. The summed E-state index contributed by atoms with van der Waals surface area (Å²) in [6.45, 7) is 0.131. The number of halogens is 2.